The first-order valence-corrected chi connectivity index (χ1v) is 37.2. The summed E-state index contributed by atoms with van der Waals surface area (Å²) < 4.78 is 48.6. The molecule has 19 nitrogen and oxygen atoms in total. The largest absolute Gasteiger partial charge is 0.469 e. The number of cyclic esters (lactones) is 1. The fraction of sp³-hybridized carbons (Fsp3) is 0.885. The molecule has 2 aliphatic heterocycles. The lowest BCUT2D eigenvalue weighted by atomic mass is 9.46. The first-order chi connectivity index (χ1) is 44.7. The molecule has 0 amide bonds. The number of carbonyl (C=O) groups is 9. The normalized spacial score (nSPS) is 33.0. The fourth-order valence-electron chi connectivity index (χ4n) is 17.9. The second-order valence-corrected chi connectivity index (χ2v) is 36.4. The van der Waals surface area contributed by atoms with E-state index in [0.29, 0.717) is 37.5 Å². The molecular weight excluding hydrogens is 1240 g/mol. The SMILES string of the molecule is CCC(C)(C)C(=O)OC(C)(C)C12CC3CC(CC(C3)C1)C2.CCC(C)(C)C(=O)OC1(C(C)(C)C)CCCC1.CCC(C)(C)C(=O)OC12CC3CC(CC(O)(C3)C1)C2.CCC(C)(C)C(=O)OC1COC(=O)C1.CCC(C)(C)C(=O)OCC(=O)OC1C2CC3C1OC(=O)C3C2C(=O)OC. The molecule has 9 unspecified atom stereocenters. The molecule has 552 valence electrons. The Kier molecular flexibility index (Phi) is 24.3. The number of hydrogen-bond donors (Lipinski definition) is 1. The lowest BCUT2D eigenvalue weighted by Gasteiger charge is -2.61. The Morgan fingerprint density at radius 3 is 1.46 bits per heavy atom. The van der Waals surface area contributed by atoms with Gasteiger partial charge in [0.2, 0.25) is 0 Å². The molecule has 0 aromatic rings. The smallest absolute Gasteiger partial charge is 0.344 e. The van der Waals surface area contributed by atoms with Gasteiger partial charge < -0.3 is 47.7 Å². The molecule has 10 bridgehead atoms. The zero-order chi connectivity index (χ0) is 72.7. The molecule has 11 saturated carbocycles. The van der Waals surface area contributed by atoms with Crippen LogP contribution in [0.3, 0.4) is 0 Å². The number of methoxy groups -OCH3 is 1. The molecule has 13 rings (SSSR count). The highest BCUT2D eigenvalue weighted by Gasteiger charge is 2.70. The Morgan fingerprint density at radius 1 is 0.546 bits per heavy atom. The van der Waals surface area contributed by atoms with Crippen molar-refractivity contribution < 1.29 is 90.9 Å². The second-order valence-electron chi connectivity index (χ2n) is 36.4. The summed E-state index contributed by atoms with van der Waals surface area (Å²) in [7, 11) is 1.27. The van der Waals surface area contributed by atoms with Crippen LogP contribution >= 0.6 is 0 Å². The summed E-state index contributed by atoms with van der Waals surface area (Å²) in [4.78, 5) is 108. The highest BCUT2D eigenvalue weighted by Crippen LogP contribution is 2.65. The van der Waals surface area contributed by atoms with Crippen molar-refractivity contribution in [1.82, 2.24) is 0 Å². The van der Waals surface area contributed by atoms with Crippen molar-refractivity contribution in [3.63, 3.8) is 0 Å². The number of fused-ring (bicyclic) bond motifs is 1. The Labute approximate surface area is 580 Å². The zero-order valence-corrected chi connectivity index (χ0v) is 63.4. The maximum atomic E-state index is 12.6. The van der Waals surface area contributed by atoms with Gasteiger partial charge >= 0.3 is 53.7 Å². The van der Waals surface area contributed by atoms with Crippen LogP contribution in [0, 0.1) is 91.2 Å². The van der Waals surface area contributed by atoms with Crippen molar-refractivity contribution in [2.75, 3.05) is 20.3 Å². The standard InChI is InChI=1S/C19H32O2.C18H24O8.C16H26O3.C15H28O2.C10H16O4/c1-6-17(2,3)16(20)21-18(4,5)19-10-13-7-14(11-19)9-15(8-13)12-19;1-5-18(2,3)17(22)24-7-10(19)25-13-8-6-9-12(11(8)15(20)23-4)16(21)26-14(9)13;1-4-14(2,3)13(17)19-16-8-11-5-12(9-16)7-15(18,6-11)10-16;1-7-14(5,6)12(16)17-15(13(2,3)4)10-8-9-11-15;1-4-10(2,3)9(12)14-7-5-8(11)13-6-7/h13-15H,6-12H2,1-5H3;8-9,11-14H,5-7H2,1-4H3;11-12,18H,4-10H2,1-3H3;7-11H2,1-6H3;7H,4-6H2,1-3H3. The Morgan fingerprint density at radius 2 is 1.01 bits per heavy atom. The molecule has 11 aliphatic carbocycles. The van der Waals surface area contributed by atoms with Crippen LogP contribution in [0.4, 0.5) is 0 Å². The van der Waals surface area contributed by atoms with Crippen LogP contribution in [0.15, 0.2) is 0 Å². The average molecular weight is 1370 g/mol. The molecule has 0 aromatic heterocycles. The molecule has 0 spiro atoms. The van der Waals surface area contributed by atoms with E-state index >= 15 is 0 Å². The van der Waals surface area contributed by atoms with Gasteiger partial charge in [-0.3, -0.25) is 38.4 Å². The van der Waals surface area contributed by atoms with Gasteiger partial charge in [-0.15, -0.1) is 0 Å². The van der Waals surface area contributed by atoms with Gasteiger partial charge in [0.05, 0.1) is 58.0 Å². The second kappa shape index (κ2) is 29.6. The van der Waals surface area contributed by atoms with Crippen LogP contribution in [0.1, 0.15) is 286 Å². The number of rotatable bonds is 19. The minimum atomic E-state index is -0.717. The van der Waals surface area contributed by atoms with Crippen LogP contribution in [-0.2, 0) is 85.8 Å². The first kappa shape index (κ1) is 79.5. The number of aliphatic hydroxyl groups is 1. The van der Waals surface area contributed by atoms with Crippen molar-refractivity contribution in [2.24, 2.45) is 91.2 Å². The summed E-state index contributed by atoms with van der Waals surface area (Å²) >= 11 is 0. The summed E-state index contributed by atoms with van der Waals surface area (Å²) in [5.74, 6) is -0.630. The van der Waals surface area contributed by atoms with E-state index in [0.717, 1.165) is 75.5 Å². The lowest BCUT2D eigenvalue weighted by Crippen LogP contribution is -2.61. The van der Waals surface area contributed by atoms with Gasteiger partial charge in [0, 0.05) is 29.1 Å². The molecule has 2 saturated heterocycles. The molecule has 0 radical (unpaired) electrons. The van der Waals surface area contributed by atoms with E-state index in [1.807, 2.05) is 83.1 Å². The Balaban J connectivity index is 0.000000173. The molecule has 13 aliphatic rings. The van der Waals surface area contributed by atoms with Crippen molar-refractivity contribution in [3.8, 4) is 0 Å². The first-order valence-electron chi connectivity index (χ1n) is 37.2. The van der Waals surface area contributed by atoms with E-state index in [4.69, 9.17) is 42.6 Å². The topological polar surface area (TPSA) is 257 Å². The molecule has 97 heavy (non-hydrogen) atoms. The monoisotopic (exact) mass is 1370 g/mol. The number of ether oxygens (including phenoxy) is 9. The number of carbonyl (C=O) groups excluding carboxylic acids is 9. The van der Waals surface area contributed by atoms with Gasteiger partial charge in [-0.1, -0.05) is 55.4 Å². The predicted octanol–water partition coefficient (Wildman–Crippen LogP) is 14.5. The zero-order valence-electron chi connectivity index (χ0n) is 63.4. The average Bonchev–Trinajstić information content (AvgIpc) is 1.67. The van der Waals surface area contributed by atoms with Gasteiger partial charge in [-0.2, -0.15) is 0 Å². The van der Waals surface area contributed by atoms with E-state index in [-0.39, 0.29) is 99.3 Å². The third kappa shape index (κ3) is 17.6. The summed E-state index contributed by atoms with van der Waals surface area (Å²) in [6, 6.07) is 0. The maximum Gasteiger partial charge on any atom is 0.344 e. The molecule has 1 N–H and O–H groups in total. The van der Waals surface area contributed by atoms with E-state index in [1.165, 1.54) is 64.9 Å². The Hall–Kier alpha value is -4.81. The lowest BCUT2D eigenvalue weighted by molar-refractivity contribution is -0.225. The summed E-state index contributed by atoms with van der Waals surface area (Å²) in [5, 5.41) is 10.6. The van der Waals surface area contributed by atoms with Crippen molar-refractivity contribution in [1.29, 1.82) is 0 Å². The third-order valence-corrected chi connectivity index (χ3v) is 25.9. The summed E-state index contributed by atoms with van der Waals surface area (Å²) in [6.07, 6.45) is 21.1. The van der Waals surface area contributed by atoms with E-state index < -0.39 is 76.4 Å². The van der Waals surface area contributed by atoms with Gasteiger partial charge in [-0.25, -0.2) is 4.79 Å². The van der Waals surface area contributed by atoms with Crippen LogP contribution in [-0.4, -0.2) is 120 Å². The summed E-state index contributed by atoms with van der Waals surface area (Å²) in [6.45, 7) is 39.5. The molecule has 13 fully saturated rings. The van der Waals surface area contributed by atoms with Gasteiger partial charge in [0.15, 0.2) is 6.61 Å². The number of hydrogen-bond acceptors (Lipinski definition) is 19. The molecule has 0 aromatic carbocycles. The minimum absolute atomic E-state index is 0.00857. The Bertz CT molecular complexity index is 2810. The van der Waals surface area contributed by atoms with Crippen molar-refractivity contribution >= 4 is 53.7 Å². The third-order valence-electron chi connectivity index (χ3n) is 25.9. The number of esters is 9. The fourth-order valence-corrected chi connectivity index (χ4v) is 17.9. The van der Waals surface area contributed by atoms with Crippen LogP contribution in [0.2, 0.25) is 0 Å². The quantitative estimate of drug-likeness (QED) is 0.0931. The van der Waals surface area contributed by atoms with Gasteiger partial charge in [-0.05, 0) is 248 Å². The molecule has 9 atom stereocenters. The molecule has 19 heteroatoms. The highest BCUT2D eigenvalue weighted by atomic mass is 16.6. The van der Waals surface area contributed by atoms with Crippen LogP contribution in [0.25, 0.3) is 0 Å². The van der Waals surface area contributed by atoms with E-state index in [9.17, 15) is 48.3 Å². The highest BCUT2D eigenvalue weighted by molar-refractivity contribution is 5.87. The van der Waals surface area contributed by atoms with Gasteiger partial charge in [0.1, 0.15) is 41.7 Å². The predicted molar refractivity (Wildman–Crippen MR) is 363 cm³/mol. The maximum absolute atomic E-state index is 12.6. The van der Waals surface area contributed by atoms with E-state index in [2.05, 4.69) is 41.5 Å². The van der Waals surface area contributed by atoms with Gasteiger partial charge in [0.25, 0.3) is 0 Å². The minimum Gasteiger partial charge on any atom is -0.469 e. The molecular formula is C78H126O19. The summed E-state index contributed by atoms with van der Waals surface area (Å²) in [5.41, 5.74) is -3.48. The van der Waals surface area contributed by atoms with E-state index in [1.54, 1.807) is 13.8 Å². The van der Waals surface area contributed by atoms with Crippen LogP contribution < -0.4 is 0 Å². The van der Waals surface area contributed by atoms with Crippen LogP contribution in [0.5, 0.6) is 0 Å². The van der Waals surface area contributed by atoms with Crippen molar-refractivity contribution in [2.45, 2.75) is 327 Å². The molecule has 2 heterocycles. The van der Waals surface area contributed by atoms with Crippen molar-refractivity contribution in [3.05, 3.63) is 0 Å².